The lowest BCUT2D eigenvalue weighted by Crippen LogP contribution is -2.59. The van der Waals surface area contributed by atoms with Crippen LogP contribution in [0.4, 0.5) is 11.4 Å². The molecule has 1 spiro atoms. The number of methoxy groups -OCH3 is 1. The number of carbonyl (C=O) groups is 3. The second kappa shape index (κ2) is 12.6. The number of rotatable bonds is 12. The number of amides is 3. The van der Waals surface area contributed by atoms with Crippen molar-refractivity contribution in [3.8, 4) is 5.75 Å². The van der Waals surface area contributed by atoms with Crippen LogP contribution in [0.15, 0.2) is 79.9 Å². The van der Waals surface area contributed by atoms with Gasteiger partial charge in [-0.25, -0.2) is 0 Å². The Hall–Kier alpha value is -3.56. The van der Waals surface area contributed by atoms with Gasteiger partial charge < -0.3 is 24.5 Å². The summed E-state index contributed by atoms with van der Waals surface area (Å²) >= 11 is 1.63. The molecular weight excluding hydrogens is 562 g/mol. The Morgan fingerprint density at radius 3 is 2.23 bits per heavy atom. The summed E-state index contributed by atoms with van der Waals surface area (Å²) in [6.45, 7) is 12.1. The first-order chi connectivity index (χ1) is 20.8. The molecule has 0 aliphatic carbocycles. The molecule has 228 valence electrons. The standard InChI is InChI=1S/C34H41N3O5S/c1-6-18-35(24-12-10-9-11-13-24)31(39)28-27-20-22(4)34(43-27)29(28)32(40)37(23(8-3)21-38)30(34)33(41)36(19-7-2)25-14-16-26(42-5)17-15-25/h6-7,9-17,22-23,27-30,38H,1-2,8,18-21H2,3-5H3/t22?,23-,27+,28-,29-,30?,34?/m0/s1. The zero-order valence-corrected chi connectivity index (χ0v) is 25.9. The van der Waals surface area contributed by atoms with Crippen molar-refractivity contribution in [1.82, 2.24) is 4.90 Å². The molecule has 3 heterocycles. The highest BCUT2D eigenvalue weighted by atomic mass is 32.2. The van der Waals surface area contributed by atoms with Crippen LogP contribution in [0.5, 0.6) is 5.75 Å². The van der Waals surface area contributed by atoms with E-state index >= 15 is 0 Å². The summed E-state index contributed by atoms with van der Waals surface area (Å²) in [4.78, 5) is 48.9. The molecule has 43 heavy (non-hydrogen) atoms. The molecule has 8 nitrogen and oxygen atoms in total. The molecule has 5 rings (SSSR count). The zero-order chi connectivity index (χ0) is 30.9. The van der Waals surface area contributed by atoms with Gasteiger partial charge in [0.2, 0.25) is 11.8 Å². The normalized spacial score (nSPS) is 27.9. The van der Waals surface area contributed by atoms with E-state index in [-0.39, 0.29) is 42.0 Å². The second-order valence-corrected chi connectivity index (χ2v) is 13.1. The maximum absolute atomic E-state index is 14.8. The topological polar surface area (TPSA) is 90.4 Å². The summed E-state index contributed by atoms with van der Waals surface area (Å²) in [5.74, 6) is -1.20. The molecule has 3 fully saturated rings. The number of aliphatic hydroxyl groups excluding tert-OH is 1. The molecule has 0 radical (unpaired) electrons. The van der Waals surface area contributed by atoms with Crippen molar-refractivity contribution in [1.29, 1.82) is 0 Å². The molecule has 3 aliphatic rings. The fraction of sp³-hybridized carbons (Fsp3) is 0.441. The van der Waals surface area contributed by atoms with Crippen LogP contribution in [0, 0.1) is 17.8 Å². The number of anilines is 2. The Morgan fingerprint density at radius 2 is 1.67 bits per heavy atom. The fourth-order valence-electron chi connectivity index (χ4n) is 7.43. The average molecular weight is 604 g/mol. The van der Waals surface area contributed by atoms with Gasteiger partial charge >= 0.3 is 0 Å². The molecule has 0 aromatic heterocycles. The minimum absolute atomic E-state index is 0.00155. The first-order valence-electron chi connectivity index (χ1n) is 14.9. The highest BCUT2D eigenvalue weighted by Gasteiger charge is 2.77. The SMILES string of the molecule is C=CCN(C(=O)C1N([C@@H](CC)CO)C(=O)[C@@H]2[C@@H](C(=O)N(CC=C)c3ccccc3)[C@H]3CC(C)C12S3)c1ccc(OC)cc1. The quantitative estimate of drug-likeness (QED) is 0.359. The average Bonchev–Trinajstić information content (AvgIpc) is 3.63. The molecule has 2 bridgehead atoms. The van der Waals surface area contributed by atoms with Crippen molar-refractivity contribution in [2.24, 2.45) is 17.8 Å². The summed E-state index contributed by atoms with van der Waals surface area (Å²) < 4.78 is 4.51. The van der Waals surface area contributed by atoms with Crippen molar-refractivity contribution in [2.75, 3.05) is 36.6 Å². The summed E-state index contributed by atoms with van der Waals surface area (Å²) in [6.07, 6.45) is 4.56. The van der Waals surface area contributed by atoms with Gasteiger partial charge in [-0.2, -0.15) is 0 Å². The number of hydrogen-bond donors (Lipinski definition) is 1. The number of carbonyl (C=O) groups excluding carboxylic acids is 3. The van der Waals surface area contributed by atoms with Gasteiger partial charge in [-0.3, -0.25) is 14.4 Å². The zero-order valence-electron chi connectivity index (χ0n) is 25.1. The van der Waals surface area contributed by atoms with E-state index in [1.165, 1.54) is 0 Å². The number of hydrogen-bond acceptors (Lipinski definition) is 6. The molecule has 7 atom stereocenters. The van der Waals surface area contributed by atoms with Crippen LogP contribution < -0.4 is 14.5 Å². The number of para-hydroxylation sites is 1. The first kappa shape index (κ1) is 30.9. The van der Waals surface area contributed by atoms with Crippen molar-refractivity contribution in [3.63, 3.8) is 0 Å². The fourth-order valence-corrected chi connectivity index (χ4v) is 9.82. The van der Waals surface area contributed by atoms with E-state index in [9.17, 15) is 19.5 Å². The number of ether oxygens (including phenoxy) is 1. The molecule has 3 saturated heterocycles. The summed E-state index contributed by atoms with van der Waals surface area (Å²) in [5, 5.41) is 10.4. The van der Waals surface area contributed by atoms with Crippen LogP contribution in [0.25, 0.3) is 0 Å². The molecule has 3 aliphatic heterocycles. The molecule has 2 aromatic rings. The minimum atomic E-state index is -0.850. The Balaban J connectivity index is 1.61. The first-order valence-corrected chi connectivity index (χ1v) is 15.8. The summed E-state index contributed by atoms with van der Waals surface area (Å²) in [7, 11) is 1.59. The van der Waals surface area contributed by atoms with Gasteiger partial charge in [0, 0.05) is 29.7 Å². The molecule has 0 saturated carbocycles. The van der Waals surface area contributed by atoms with Gasteiger partial charge in [0.05, 0.1) is 36.3 Å². The van der Waals surface area contributed by atoms with Gasteiger partial charge in [0.25, 0.3) is 5.91 Å². The van der Waals surface area contributed by atoms with E-state index in [0.29, 0.717) is 24.4 Å². The third-order valence-corrected chi connectivity index (χ3v) is 11.5. The Labute approximate surface area is 258 Å². The number of likely N-dealkylation sites (tertiary alicyclic amines) is 1. The lowest BCUT2D eigenvalue weighted by Gasteiger charge is -2.42. The van der Waals surface area contributed by atoms with Gasteiger partial charge in [-0.15, -0.1) is 24.9 Å². The van der Waals surface area contributed by atoms with Crippen molar-refractivity contribution in [3.05, 3.63) is 79.9 Å². The highest BCUT2D eigenvalue weighted by Crippen LogP contribution is 2.69. The molecular formula is C34H41N3O5S. The Kier molecular flexibility index (Phi) is 9.04. The van der Waals surface area contributed by atoms with Crippen molar-refractivity contribution < 1.29 is 24.2 Å². The van der Waals surface area contributed by atoms with Crippen LogP contribution in [0.1, 0.15) is 26.7 Å². The largest absolute Gasteiger partial charge is 0.497 e. The number of nitrogens with zero attached hydrogens (tertiary/aromatic N) is 3. The molecule has 9 heteroatoms. The van der Waals surface area contributed by atoms with Crippen molar-refractivity contribution >= 4 is 40.9 Å². The Morgan fingerprint density at radius 1 is 1.07 bits per heavy atom. The molecule has 2 aromatic carbocycles. The van der Waals surface area contributed by atoms with Gasteiger partial charge in [0.1, 0.15) is 11.8 Å². The number of thioether (sulfide) groups is 1. The maximum Gasteiger partial charge on any atom is 0.251 e. The highest BCUT2D eigenvalue weighted by molar-refractivity contribution is 8.02. The van der Waals surface area contributed by atoms with E-state index < -0.39 is 28.7 Å². The van der Waals surface area contributed by atoms with Crippen molar-refractivity contribution in [2.45, 2.75) is 48.8 Å². The molecule has 1 N–H and O–H groups in total. The predicted molar refractivity (Wildman–Crippen MR) is 171 cm³/mol. The van der Waals surface area contributed by atoms with Crippen LogP contribution >= 0.6 is 11.8 Å². The van der Waals surface area contributed by atoms with Crippen LogP contribution in [0.2, 0.25) is 0 Å². The van der Waals surface area contributed by atoms with Gasteiger partial charge in [-0.1, -0.05) is 44.2 Å². The lowest BCUT2D eigenvalue weighted by atomic mass is 9.65. The summed E-state index contributed by atoms with van der Waals surface area (Å²) in [5.41, 5.74) is 1.41. The third kappa shape index (κ3) is 4.96. The third-order valence-electron chi connectivity index (χ3n) is 9.39. The second-order valence-electron chi connectivity index (χ2n) is 11.6. The van der Waals surface area contributed by atoms with Gasteiger partial charge in [0.15, 0.2) is 0 Å². The monoisotopic (exact) mass is 603 g/mol. The Bertz CT molecular complexity index is 1360. The number of fused-ring (bicyclic) bond motifs is 1. The maximum atomic E-state index is 14.8. The number of benzene rings is 2. The molecule has 3 amide bonds. The van der Waals surface area contributed by atoms with Crippen LogP contribution in [-0.2, 0) is 14.4 Å². The predicted octanol–water partition coefficient (Wildman–Crippen LogP) is 4.54. The summed E-state index contributed by atoms with van der Waals surface area (Å²) in [6, 6.07) is 15.3. The van der Waals surface area contributed by atoms with Crippen LogP contribution in [0.3, 0.4) is 0 Å². The van der Waals surface area contributed by atoms with E-state index in [1.807, 2.05) is 49.4 Å². The lowest BCUT2D eigenvalue weighted by molar-refractivity contribution is -0.142. The van der Waals surface area contributed by atoms with Crippen LogP contribution in [-0.4, -0.2) is 76.6 Å². The van der Waals surface area contributed by atoms with E-state index in [4.69, 9.17) is 4.74 Å². The van der Waals surface area contributed by atoms with Gasteiger partial charge in [-0.05, 0) is 55.2 Å². The van der Waals surface area contributed by atoms with E-state index in [1.54, 1.807) is 57.9 Å². The smallest absolute Gasteiger partial charge is 0.251 e. The van der Waals surface area contributed by atoms with E-state index in [2.05, 4.69) is 20.1 Å². The molecule has 3 unspecified atom stereocenters. The minimum Gasteiger partial charge on any atom is -0.497 e. The van der Waals surface area contributed by atoms with E-state index in [0.717, 1.165) is 12.1 Å². The number of aliphatic hydroxyl groups is 1.